The molecule has 3 nitrogen and oxygen atoms in total. The van der Waals surface area contributed by atoms with Crippen molar-refractivity contribution in [2.75, 3.05) is 6.26 Å². The molecule has 2 aromatic carbocycles. The molecule has 0 aliphatic carbocycles. The minimum Gasteiger partial charge on any atom is -0.324 e. The summed E-state index contributed by atoms with van der Waals surface area (Å²) in [5.41, 5.74) is 7.59. The Morgan fingerprint density at radius 3 is 2.57 bits per heavy atom. The number of sulfone groups is 1. The Labute approximate surface area is 128 Å². The van der Waals surface area contributed by atoms with Gasteiger partial charge in [-0.3, -0.25) is 0 Å². The summed E-state index contributed by atoms with van der Waals surface area (Å²) in [6.45, 7) is 0. The first-order valence-electron chi connectivity index (χ1n) is 6.27. The van der Waals surface area contributed by atoms with Crippen LogP contribution in [0.3, 0.4) is 0 Å². The van der Waals surface area contributed by atoms with Gasteiger partial charge in [0.1, 0.15) is 5.82 Å². The maximum atomic E-state index is 13.1. The Morgan fingerprint density at radius 2 is 1.95 bits per heavy atom. The predicted molar refractivity (Wildman–Crippen MR) is 81.6 cm³/mol. The average Bonchev–Trinajstić information content (AvgIpc) is 2.42. The van der Waals surface area contributed by atoms with Crippen molar-refractivity contribution in [1.29, 1.82) is 0 Å². The number of halogens is 2. The highest BCUT2D eigenvalue weighted by Gasteiger charge is 2.12. The van der Waals surface area contributed by atoms with Gasteiger partial charge in [-0.1, -0.05) is 29.8 Å². The van der Waals surface area contributed by atoms with Crippen molar-refractivity contribution in [2.24, 2.45) is 5.73 Å². The third kappa shape index (κ3) is 4.03. The summed E-state index contributed by atoms with van der Waals surface area (Å²) in [5.74, 6) is -0.479. The van der Waals surface area contributed by atoms with Crippen LogP contribution >= 0.6 is 11.6 Å². The summed E-state index contributed by atoms with van der Waals surface area (Å²) in [6.07, 6.45) is 1.59. The van der Waals surface area contributed by atoms with E-state index in [0.717, 1.165) is 11.8 Å². The summed E-state index contributed by atoms with van der Waals surface area (Å²) in [4.78, 5) is 0.229. The molecule has 0 saturated heterocycles. The molecule has 2 N–H and O–H groups in total. The smallest absolute Gasteiger partial charge is 0.175 e. The molecule has 0 heterocycles. The maximum Gasteiger partial charge on any atom is 0.175 e. The van der Waals surface area contributed by atoms with Gasteiger partial charge in [-0.15, -0.1) is 0 Å². The van der Waals surface area contributed by atoms with Crippen molar-refractivity contribution < 1.29 is 12.8 Å². The van der Waals surface area contributed by atoms with Crippen LogP contribution in [0, 0.1) is 5.82 Å². The van der Waals surface area contributed by atoms with Crippen LogP contribution in [0.2, 0.25) is 5.02 Å². The third-order valence-electron chi connectivity index (χ3n) is 3.15. The van der Waals surface area contributed by atoms with E-state index in [2.05, 4.69) is 0 Å². The lowest BCUT2D eigenvalue weighted by Gasteiger charge is -2.13. The second-order valence-electron chi connectivity index (χ2n) is 4.90. The lowest BCUT2D eigenvalue weighted by molar-refractivity contribution is 0.601. The molecule has 0 aliphatic rings. The molecule has 21 heavy (non-hydrogen) atoms. The fourth-order valence-corrected chi connectivity index (χ4v) is 2.89. The van der Waals surface area contributed by atoms with E-state index in [9.17, 15) is 12.8 Å². The predicted octanol–water partition coefficient (Wildman–Crippen LogP) is 3.13. The zero-order valence-electron chi connectivity index (χ0n) is 11.4. The van der Waals surface area contributed by atoms with E-state index in [1.807, 2.05) is 0 Å². The highest BCUT2D eigenvalue weighted by Crippen LogP contribution is 2.22. The van der Waals surface area contributed by atoms with Gasteiger partial charge in [0.25, 0.3) is 0 Å². The van der Waals surface area contributed by atoms with Crippen LogP contribution in [0.4, 0.5) is 4.39 Å². The molecule has 1 atom stereocenters. The molecular weight excluding hydrogens is 313 g/mol. The molecule has 0 amide bonds. The molecule has 0 fully saturated rings. The molecule has 0 aliphatic heterocycles. The van der Waals surface area contributed by atoms with Gasteiger partial charge >= 0.3 is 0 Å². The normalized spacial score (nSPS) is 13.1. The molecule has 0 spiro atoms. The quantitative estimate of drug-likeness (QED) is 0.938. The lowest BCUT2D eigenvalue weighted by Crippen LogP contribution is -2.14. The van der Waals surface area contributed by atoms with E-state index >= 15 is 0 Å². The van der Waals surface area contributed by atoms with Gasteiger partial charge in [0.05, 0.1) is 9.92 Å². The standard InChI is InChI=1S/C15H15ClFNO2S/c1-21(19,20)12-4-2-3-11(9-12)15(18)8-10-5-6-14(17)13(16)7-10/h2-7,9,15H,8,18H2,1H3. The number of nitrogens with two attached hydrogens (primary N) is 1. The first-order chi connectivity index (χ1) is 9.77. The van der Waals surface area contributed by atoms with Gasteiger partial charge < -0.3 is 5.73 Å². The Bertz CT molecular complexity index is 762. The lowest BCUT2D eigenvalue weighted by atomic mass is 10.00. The van der Waals surface area contributed by atoms with E-state index in [-0.39, 0.29) is 9.92 Å². The van der Waals surface area contributed by atoms with Gasteiger partial charge in [0.2, 0.25) is 0 Å². The van der Waals surface area contributed by atoms with Gasteiger partial charge in [-0.2, -0.15) is 0 Å². The van der Waals surface area contributed by atoms with Crippen molar-refractivity contribution >= 4 is 21.4 Å². The molecule has 2 aromatic rings. The van der Waals surface area contributed by atoms with E-state index in [1.54, 1.807) is 24.3 Å². The number of hydrogen-bond acceptors (Lipinski definition) is 3. The van der Waals surface area contributed by atoms with E-state index in [4.69, 9.17) is 17.3 Å². The fourth-order valence-electron chi connectivity index (χ4n) is 2.01. The molecule has 0 radical (unpaired) electrons. The van der Waals surface area contributed by atoms with Gasteiger partial charge in [0, 0.05) is 12.3 Å². The molecule has 1 unspecified atom stereocenters. The zero-order valence-corrected chi connectivity index (χ0v) is 13.0. The number of hydrogen-bond donors (Lipinski definition) is 1. The molecular formula is C15H15ClFNO2S. The van der Waals surface area contributed by atoms with Crippen molar-refractivity contribution in [3.63, 3.8) is 0 Å². The molecule has 0 aromatic heterocycles. The third-order valence-corrected chi connectivity index (χ3v) is 4.55. The largest absolute Gasteiger partial charge is 0.324 e. The van der Waals surface area contributed by atoms with Crippen LogP contribution < -0.4 is 5.73 Å². The molecule has 2 rings (SSSR count). The maximum absolute atomic E-state index is 13.1. The van der Waals surface area contributed by atoms with E-state index in [1.165, 1.54) is 18.2 Å². The minimum absolute atomic E-state index is 0.0459. The first kappa shape index (κ1) is 15.9. The molecule has 112 valence electrons. The van der Waals surface area contributed by atoms with Gasteiger partial charge in [0.15, 0.2) is 9.84 Å². The van der Waals surface area contributed by atoms with Crippen molar-refractivity contribution in [3.05, 3.63) is 64.4 Å². The summed E-state index contributed by atoms with van der Waals surface area (Å²) >= 11 is 5.73. The Kier molecular flexibility index (Phi) is 4.66. The monoisotopic (exact) mass is 327 g/mol. The molecule has 0 saturated carbocycles. The van der Waals surface area contributed by atoms with Crippen LogP contribution in [0.1, 0.15) is 17.2 Å². The topological polar surface area (TPSA) is 60.2 Å². The average molecular weight is 328 g/mol. The van der Waals surface area contributed by atoms with Crippen LogP contribution in [-0.4, -0.2) is 14.7 Å². The van der Waals surface area contributed by atoms with Crippen molar-refractivity contribution in [1.82, 2.24) is 0 Å². The van der Waals surface area contributed by atoms with E-state index in [0.29, 0.717) is 12.0 Å². The Hall–Kier alpha value is -1.43. The second kappa shape index (κ2) is 6.13. The fraction of sp³-hybridized carbons (Fsp3) is 0.200. The summed E-state index contributed by atoms with van der Waals surface area (Å²) < 4.78 is 36.2. The first-order valence-corrected chi connectivity index (χ1v) is 8.54. The minimum atomic E-state index is -3.27. The molecule has 6 heteroatoms. The van der Waals surface area contributed by atoms with Crippen LogP contribution in [-0.2, 0) is 16.3 Å². The Morgan fingerprint density at radius 1 is 1.24 bits per heavy atom. The second-order valence-corrected chi connectivity index (χ2v) is 7.33. The summed E-state index contributed by atoms with van der Waals surface area (Å²) in [7, 11) is -3.27. The molecule has 0 bridgehead atoms. The van der Waals surface area contributed by atoms with Crippen molar-refractivity contribution in [2.45, 2.75) is 17.4 Å². The van der Waals surface area contributed by atoms with Crippen LogP contribution in [0.15, 0.2) is 47.4 Å². The summed E-state index contributed by atoms with van der Waals surface area (Å²) in [5, 5.41) is 0.0459. The van der Waals surface area contributed by atoms with Crippen LogP contribution in [0.5, 0.6) is 0 Å². The van der Waals surface area contributed by atoms with Gasteiger partial charge in [-0.05, 0) is 41.8 Å². The van der Waals surface area contributed by atoms with E-state index < -0.39 is 21.7 Å². The number of benzene rings is 2. The number of rotatable bonds is 4. The van der Waals surface area contributed by atoms with Crippen molar-refractivity contribution in [3.8, 4) is 0 Å². The highest BCUT2D eigenvalue weighted by molar-refractivity contribution is 7.90. The van der Waals surface area contributed by atoms with Gasteiger partial charge in [-0.25, -0.2) is 12.8 Å². The highest BCUT2D eigenvalue weighted by atomic mass is 35.5. The SMILES string of the molecule is CS(=O)(=O)c1cccc(C(N)Cc2ccc(F)c(Cl)c2)c1. The zero-order chi connectivity index (χ0) is 15.6. The summed E-state index contributed by atoms with van der Waals surface area (Å²) in [6, 6.07) is 10.5. The Balaban J connectivity index is 2.24. The van der Waals surface area contributed by atoms with Crippen LogP contribution in [0.25, 0.3) is 0 Å².